The Kier molecular flexibility index (Phi) is 3.70. The normalized spacial score (nSPS) is 14.6. The summed E-state index contributed by atoms with van der Waals surface area (Å²) in [6.45, 7) is 4.40. The number of aromatic amines is 1. The molecule has 0 unspecified atom stereocenters. The maximum absolute atomic E-state index is 5.57. The van der Waals surface area contributed by atoms with Crippen LogP contribution in [0.3, 0.4) is 0 Å². The molecule has 0 aromatic carbocycles. The van der Waals surface area contributed by atoms with Gasteiger partial charge in [-0.3, -0.25) is 5.10 Å². The quantitative estimate of drug-likeness (QED) is 0.745. The molecule has 0 atom stereocenters. The zero-order chi connectivity index (χ0) is 16.7. The lowest BCUT2D eigenvalue weighted by Crippen LogP contribution is -2.20. The lowest BCUT2D eigenvalue weighted by molar-refractivity contribution is 0.550. The van der Waals surface area contributed by atoms with Crippen molar-refractivity contribution < 1.29 is 4.42 Å². The molecule has 3 aromatic heterocycles. The van der Waals surface area contributed by atoms with Gasteiger partial charge in [0.15, 0.2) is 17.2 Å². The molecule has 3 heterocycles. The standard InChI is InChI=1S/C17H22N6O/c1-10-18-16(15-17(19-10)24-11(2)20-15)23(3)9-14-12-7-5-4-6-8-13(12)21-22-14/h4-9H2,1-3H3,(H,21,22). The van der Waals surface area contributed by atoms with Gasteiger partial charge in [-0.15, -0.1) is 0 Å². The lowest BCUT2D eigenvalue weighted by Gasteiger charge is -2.18. The number of rotatable bonds is 3. The van der Waals surface area contributed by atoms with E-state index in [-0.39, 0.29) is 0 Å². The summed E-state index contributed by atoms with van der Waals surface area (Å²) in [5, 5.41) is 7.79. The second-order valence-corrected chi connectivity index (χ2v) is 6.53. The number of H-pyrrole nitrogens is 1. The van der Waals surface area contributed by atoms with Crippen LogP contribution in [0.4, 0.5) is 5.82 Å². The molecule has 0 radical (unpaired) electrons. The third-order valence-electron chi connectivity index (χ3n) is 4.60. The summed E-state index contributed by atoms with van der Waals surface area (Å²) < 4.78 is 5.57. The van der Waals surface area contributed by atoms with Crippen LogP contribution in [0.25, 0.3) is 11.2 Å². The van der Waals surface area contributed by atoms with E-state index in [0.717, 1.165) is 24.4 Å². The van der Waals surface area contributed by atoms with Crippen LogP contribution in [0.15, 0.2) is 4.42 Å². The summed E-state index contributed by atoms with van der Waals surface area (Å²) >= 11 is 0. The van der Waals surface area contributed by atoms with Crippen molar-refractivity contribution in [1.82, 2.24) is 25.1 Å². The average molecular weight is 326 g/mol. The molecule has 0 aliphatic heterocycles. The highest BCUT2D eigenvalue weighted by Crippen LogP contribution is 2.26. The molecule has 3 aromatic rings. The second kappa shape index (κ2) is 5.89. The van der Waals surface area contributed by atoms with Crippen molar-refractivity contribution in [2.45, 2.75) is 52.5 Å². The highest BCUT2D eigenvalue weighted by Gasteiger charge is 2.20. The molecule has 0 fully saturated rings. The van der Waals surface area contributed by atoms with Crippen molar-refractivity contribution in [3.8, 4) is 0 Å². The van der Waals surface area contributed by atoms with E-state index < -0.39 is 0 Å². The SMILES string of the molecule is Cc1nc(N(C)Cc2n[nH]c3c2CCCCC3)c2nc(C)oc2n1. The first-order chi connectivity index (χ1) is 11.6. The maximum atomic E-state index is 5.57. The third kappa shape index (κ3) is 2.64. The number of anilines is 1. The van der Waals surface area contributed by atoms with Crippen molar-refractivity contribution in [3.05, 3.63) is 28.7 Å². The van der Waals surface area contributed by atoms with Crippen LogP contribution in [-0.2, 0) is 19.4 Å². The highest BCUT2D eigenvalue weighted by atomic mass is 16.4. The fourth-order valence-electron chi connectivity index (χ4n) is 3.44. The molecular weight excluding hydrogens is 304 g/mol. The van der Waals surface area contributed by atoms with E-state index in [9.17, 15) is 0 Å². The van der Waals surface area contributed by atoms with Crippen LogP contribution in [0, 0.1) is 13.8 Å². The predicted molar refractivity (Wildman–Crippen MR) is 91.0 cm³/mol. The van der Waals surface area contributed by atoms with Gasteiger partial charge in [-0.25, -0.2) is 9.97 Å². The van der Waals surface area contributed by atoms with Gasteiger partial charge in [0, 0.05) is 19.7 Å². The topological polar surface area (TPSA) is 83.7 Å². The molecule has 7 nitrogen and oxygen atoms in total. The van der Waals surface area contributed by atoms with E-state index >= 15 is 0 Å². The molecule has 0 amide bonds. The molecule has 1 N–H and O–H groups in total. The van der Waals surface area contributed by atoms with Gasteiger partial charge in [-0.2, -0.15) is 10.1 Å². The van der Waals surface area contributed by atoms with Gasteiger partial charge in [0.05, 0.1) is 12.2 Å². The van der Waals surface area contributed by atoms with Crippen LogP contribution < -0.4 is 4.90 Å². The van der Waals surface area contributed by atoms with Gasteiger partial charge >= 0.3 is 0 Å². The van der Waals surface area contributed by atoms with E-state index in [4.69, 9.17) is 4.42 Å². The summed E-state index contributed by atoms with van der Waals surface area (Å²) in [4.78, 5) is 15.4. The number of oxazole rings is 1. The average Bonchev–Trinajstić information content (AvgIpc) is 3.00. The van der Waals surface area contributed by atoms with E-state index in [2.05, 4.69) is 30.0 Å². The van der Waals surface area contributed by atoms with Gasteiger partial charge < -0.3 is 9.32 Å². The number of hydrogen-bond acceptors (Lipinski definition) is 6. The Balaban J connectivity index is 1.68. The van der Waals surface area contributed by atoms with Crippen LogP contribution in [0.2, 0.25) is 0 Å². The Morgan fingerprint density at radius 3 is 2.79 bits per heavy atom. The fraction of sp³-hybridized carbons (Fsp3) is 0.529. The molecule has 1 aliphatic carbocycles. The Morgan fingerprint density at radius 1 is 1.08 bits per heavy atom. The first-order valence-corrected chi connectivity index (χ1v) is 8.49. The number of aryl methyl sites for hydroxylation is 3. The van der Waals surface area contributed by atoms with Crippen molar-refractivity contribution in [2.75, 3.05) is 11.9 Å². The molecule has 0 bridgehead atoms. The first-order valence-electron chi connectivity index (χ1n) is 8.49. The van der Waals surface area contributed by atoms with Crippen molar-refractivity contribution in [2.24, 2.45) is 0 Å². The Hall–Kier alpha value is -2.44. The molecule has 1 aliphatic rings. The van der Waals surface area contributed by atoms with E-state index in [1.165, 1.54) is 30.5 Å². The van der Waals surface area contributed by atoms with Crippen LogP contribution >= 0.6 is 0 Å². The smallest absolute Gasteiger partial charge is 0.252 e. The summed E-state index contributed by atoms with van der Waals surface area (Å²) in [6, 6.07) is 0. The predicted octanol–water partition coefficient (Wildman–Crippen LogP) is 2.86. The monoisotopic (exact) mass is 326 g/mol. The maximum Gasteiger partial charge on any atom is 0.252 e. The largest absolute Gasteiger partial charge is 0.422 e. The summed E-state index contributed by atoms with van der Waals surface area (Å²) in [7, 11) is 2.02. The minimum absolute atomic E-state index is 0.544. The number of hydrogen-bond donors (Lipinski definition) is 1. The van der Waals surface area contributed by atoms with Crippen LogP contribution in [0.1, 0.15) is 47.9 Å². The van der Waals surface area contributed by atoms with Gasteiger partial charge in [0.2, 0.25) is 0 Å². The molecule has 4 rings (SSSR count). The zero-order valence-electron chi connectivity index (χ0n) is 14.4. The first kappa shape index (κ1) is 15.1. The lowest BCUT2D eigenvalue weighted by atomic mass is 10.1. The van der Waals surface area contributed by atoms with E-state index in [1.807, 2.05) is 20.9 Å². The fourth-order valence-corrected chi connectivity index (χ4v) is 3.44. The van der Waals surface area contributed by atoms with Crippen molar-refractivity contribution >= 4 is 17.0 Å². The number of nitrogens with one attached hydrogen (secondary N) is 1. The van der Waals surface area contributed by atoms with Gasteiger partial charge in [-0.1, -0.05) is 6.42 Å². The van der Waals surface area contributed by atoms with E-state index in [1.54, 1.807) is 0 Å². The summed E-state index contributed by atoms with van der Waals surface area (Å²) in [5.41, 5.74) is 5.05. The zero-order valence-corrected chi connectivity index (χ0v) is 14.4. The molecule has 7 heteroatoms. The van der Waals surface area contributed by atoms with Gasteiger partial charge in [0.1, 0.15) is 5.82 Å². The molecule has 0 saturated carbocycles. The minimum atomic E-state index is 0.544. The summed E-state index contributed by atoms with van der Waals surface area (Å²) in [6.07, 6.45) is 5.99. The summed E-state index contributed by atoms with van der Waals surface area (Å²) in [5.74, 6) is 2.08. The molecular formula is C17H22N6O. The van der Waals surface area contributed by atoms with Crippen molar-refractivity contribution in [3.63, 3.8) is 0 Å². The number of aromatic nitrogens is 5. The highest BCUT2D eigenvalue weighted by molar-refractivity contribution is 5.81. The third-order valence-corrected chi connectivity index (χ3v) is 4.60. The minimum Gasteiger partial charge on any atom is -0.422 e. The Bertz CT molecular complexity index is 881. The van der Waals surface area contributed by atoms with Crippen molar-refractivity contribution in [1.29, 1.82) is 0 Å². The second-order valence-electron chi connectivity index (χ2n) is 6.53. The Morgan fingerprint density at radius 2 is 1.92 bits per heavy atom. The van der Waals surface area contributed by atoms with Gasteiger partial charge in [0.25, 0.3) is 5.71 Å². The number of fused-ring (bicyclic) bond motifs is 2. The van der Waals surface area contributed by atoms with E-state index in [0.29, 0.717) is 29.5 Å². The molecule has 0 spiro atoms. The van der Waals surface area contributed by atoms with Gasteiger partial charge in [-0.05, 0) is 38.2 Å². The Labute approximate surface area is 140 Å². The molecule has 0 saturated heterocycles. The van der Waals surface area contributed by atoms with Crippen LogP contribution in [-0.4, -0.2) is 32.2 Å². The van der Waals surface area contributed by atoms with Crippen LogP contribution in [0.5, 0.6) is 0 Å². The molecule has 126 valence electrons. The number of nitrogens with zero attached hydrogens (tertiary/aromatic N) is 5. The molecule has 24 heavy (non-hydrogen) atoms.